The van der Waals surface area contributed by atoms with Crippen LogP contribution in [0.15, 0.2) is 267 Å². The fourth-order valence-corrected chi connectivity index (χ4v) is 14.6. The van der Waals surface area contributed by atoms with E-state index in [1.165, 1.54) is 165 Å². The van der Waals surface area contributed by atoms with Gasteiger partial charge in [0.1, 0.15) is 0 Å². The Morgan fingerprint density at radius 1 is 0.175 bits per heavy atom. The van der Waals surface area contributed by atoms with Crippen molar-refractivity contribution in [1.29, 1.82) is 0 Å². The first kappa shape index (κ1) is 46.5. The lowest BCUT2D eigenvalue weighted by atomic mass is 9.80. The van der Waals surface area contributed by atoms with Gasteiger partial charge in [-0.25, -0.2) is 0 Å². The minimum atomic E-state index is -0.167. The summed E-state index contributed by atoms with van der Waals surface area (Å²) in [5.74, 6) is 0. The number of hydrogen-bond acceptors (Lipinski definition) is 0. The van der Waals surface area contributed by atoms with Gasteiger partial charge in [0.25, 0.3) is 0 Å². The molecule has 0 aliphatic heterocycles. The Hall–Kier alpha value is -9.62. The Kier molecular flexibility index (Phi) is 10.1. The van der Waals surface area contributed by atoms with E-state index < -0.39 is 0 Å². The van der Waals surface area contributed by atoms with Crippen molar-refractivity contribution in [2.45, 2.75) is 38.5 Å². The third kappa shape index (κ3) is 6.75. The minimum absolute atomic E-state index is 0.167. The van der Waals surface area contributed by atoms with E-state index in [1.54, 1.807) is 0 Å². The average Bonchev–Trinajstić information content (AvgIpc) is 3.90. The fourth-order valence-electron chi connectivity index (χ4n) is 14.6. The van der Waals surface area contributed by atoms with Crippen LogP contribution in [0, 0.1) is 0 Å². The summed E-state index contributed by atoms with van der Waals surface area (Å²) in [5.41, 5.74) is 25.7. The van der Waals surface area contributed by atoms with Crippen molar-refractivity contribution >= 4 is 53.9 Å². The zero-order valence-electron chi connectivity index (χ0n) is 45.4. The SMILES string of the molecule is CC1(C)c2cc(-c3ccc(-c4c5ccccc5c(-c5ccccc5)c5ccccc45)cc3)ccc2-c2c1ccc1c3c(ccc21)C(C)(C)c1cc(-c2ccc(-c4c5ccccc5c(-c5ccccc5)c5ccccc45)cc2)ccc1-3. The van der Waals surface area contributed by atoms with Gasteiger partial charge in [-0.05, 0) is 177 Å². The van der Waals surface area contributed by atoms with E-state index in [-0.39, 0.29) is 10.8 Å². The van der Waals surface area contributed by atoms with E-state index in [0.717, 1.165) is 0 Å². The van der Waals surface area contributed by atoms with Gasteiger partial charge in [0, 0.05) is 10.8 Å². The first-order valence-electron chi connectivity index (χ1n) is 28.3. The van der Waals surface area contributed by atoms with Crippen LogP contribution >= 0.6 is 0 Å². The lowest BCUT2D eigenvalue weighted by Gasteiger charge is -2.23. The molecule has 376 valence electrons. The van der Waals surface area contributed by atoms with Crippen molar-refractivity contribution in [2.75, 3.05) is 0 Å². The summed E-state index contributed by atoms with van der Waals surface area (Å²) < 4.78 is 0. The number of rotatable bonds is 6. The Morgan fingerprint density at radius 3 is 0.713 bits per heavy atom. The Balaban J connectivity index is 0.744. The maximum Gasteiger partial charge on any atom is 0.0159 e. The standard InChI is InChI=1S/C80H56/c1-79(2)69-45-43-66-65(77(69)67-41-39-55(47-71(67)79)49-31-35-53(36-32-49)75-61-27-15-11-23-57(61)73(51-19-7-5-8-20-51)58-24-12-16-28-62(58)75)44-46-70-78(66)68-42-40-56(48-72(68)80(70,3)4)50-33-37-54(38-34-50)76-63-29-17-13-25-59(63)74(52-21-9-6-10-22-52)60-26-14-18-30-64(60)76/h5-48H,1-4H3. The summed E-state index contributed by atoms with van der Waals surface area (Å²) in [7, 11) is 0. The van der Waals surface area contributed by atoms with E-state index in [4.69, 9.17) is 0 Å². The molecule has 0 aromatic heterocycles. The molecule has 0 nitrogen and oxygen atoms in total. The van der Waals surface area contributed by atoms with Crippen LogP contribution in [0.4, 0.5) is 0 Å². The molecule has 0 bridgehead atoms. The van der Waals surface area contributed by atoms with Crippen LogP contribution in [-0.2, 0) is 10.8 Å². The Morgan fingerprint density at radius 2 is 0.412 bits per heavy atom. The van der Waals surface area contributed by atoms with Crippen LogP contribution in [0.2, 0.25) is 0 Å². The molecule has 14 aromatic carbocycles. The van der Waals surface area contributed by atoms with Crippen LogP contribution in [0.5, 0.6) is 0 Å². The quantitative estimate of drug-likeness (QED) is 0.146. The number of hydrogen-bond donors (Lipinski definition) is 0. The van der Waals surface area contributed by atoms with E-state index in [9.17, 15) is 0 Å². The first-order valence-corrected chi connectivity index (χ1v) is 28.3. The molecular weight excluding hydrogens is 961 g/mol. The van der Waals surface area contributed by atoms with Gasteiger partial charge in [-0.15, -0.1) is 0 Å². The third-order valence-electron chi connectivity index (χ3n) is 18.5. The van der Waals surface area contributed by atoms with Crippen LogP contribution < -0.4 is 0 Å². The topological polar surface area (TPSA) is 0 Å². The van der Waals surface area contributed by atoms with Crippen molar-refractivity contribution in [3.8, 4) is 89.0 Å². The van der Waals surface area contributed by atoms with Gasteiger partial charge < -0.3 is 0 Å². The molecule has 2 aliphatic carbocycles. The average molecular weight is 1020 g/mol. The van der Waals surface area contributed by atoms with Gasteiger partial charge in [0.05, 0.1) is 0 Å². The molecule has 2 aliphatic rings. The van der Waals surface area contributed by atoms with Gasteiger partial charge in [0.2, 0.25) is 0 Å². The lowest BCUT2D eigenvalue weighted by molar-refractivity contribution is 0.660. The summed E-state index contributed by atoms with van der Waals surface area (Å²) in [6, 6.07) is 100. The van der Waals surface area contributed by atoms with Gasteiger partial charge >= 0.3 is 0 Å². The second-order valence-electron chi connectivity index (χ2n) is 23.4. The highest BCUT2D eigenvalue weighted by Crippen LogP contribution is 2.57. The van der Waals surface area contributed by atoms with Gasteiger partial charge in [-0.3, -0.25) is 0 Å². The number of benzene rings is 14. The third-order valence-corrected chi connectivity index (χ3v) is 18.5. The van der Waals surface area contributed by atoms with E-state index >= 15 is 0 Å². The lowest BCUT2D eigenvalue weighted by Crippen LogP contribution is -2.15. The summed E-state index contributed by atoms with van der Waals surface area (Å²) >= 11 is 0. The monoisotopic (exact) mass is 1020 g/mol. The molecule has 0 N–H and O–H groups in total. The second kappa shape index (κ2) is 17.4. The predicted molar refractivity (Wildman–Crippen MR) is 342 cm³/mol. The zero-order valence-corrected chi connectivity index (χ0v) is 45.4. The molecule has 80 heavy (non-hydrogen) atoms. The number of fused-ring (bicyclic) bond motifs is 13. The van der Waals surface area contributed by atoms with Gasteiger partial charge in [-0.1, -0.05) is 282 Å². The van der Waals surface area contributed by atoms with Gasteiger partial charge in [-0.2, -0.15) is 0 Å². The molecule has 0 heteroatoms. The maximum absolute atomic E-state index is 2.47. The largest absolute Gasteiger partial charge is 0.0622 e. The molecule has 0 fully saturated rings. The molecule has 0 spiro atoms. The molecule has 16 rings (SSSR count). The molecule has 0 atom stereocenters. The van der Waals surface area contributed by atoms with Gasteiger partial charge in [0.15, 0.2) is 0 Å². The molecule has 14 aromatic rings. The summed E-state index contributed by atoms with van der Waals surface area (Å²) in [6.45, 7) is 9.66. The van der Waals surface area contributed by atoms with Crippen LogP contribution in [0.3, 0.4) is 0 Å². The molecule has 0 unspecified atom stereocenters. The van der Waals surface area contributed by atoms with Crippen molar-refractivity contribution < 1.29 is 0 Å². The molecule has 0 saturated heterocycles. The first-order chi connectivity index (χ1) is 39.2. The Labute approximate surface area is 467 Å². The van der Waals surface area contributed by atoms with Crippen molar-refractivity contribution in [3.63, 3.8) is 0 Å². The highest BCUT2D eigenvalue weighted by atomic mass is 14.4. The highest BCUT2D eigenvalue weighted by Gasteiger charge is 2.40. The van der Waals surface area contributed by atoms with Crippen molar-refractivity contribution in [1.82, 2.24) is 0 Å². The van der Waals surface area contributed by atoms with Crippen molar-refractivity contribution in [3.05, 3.63) is 289 Å². The molecule has 0 radical (unpaired) electrons. The summed E-state index contributed by atoms with van der Waals surface area (Å²) in [4.78, 5) is 0. The van der Waals surface area contributed by atoms with Crippen LogP contribution in [0.1, 0.15) is 49.9 Å². The van der Waals surface area contributed by atoms with E-state index in [2.05, 4.69) is 295 Å². The summed E-state index contributed by atoms with van der Waals surface area (Å²) in [6.07, 6.45) is 0. The maximum atomic E-state index is 2.47. The predicted octanol–water partition coefficient (Wildman–Crippen LogP) is 22.1. The van der Waals surface area contributed by atoms with Crippen LogP contribution in [0.25, 0.3) is 143 Å². The molecule has 0 amide bonds. The van der Waals surface area contributed by atoms with E-state index in [1.807, 2.05) is 0 Å². The fraction of sp³-hybridized carbons (Fsp3) is 0.0750. The van der Waals surface area contributed by atoms with Crippen LogP contribution in [-0.4, -0.2) is 0 Å². The summed E-state index contributed by atoms with van der Waals surface area (Å²) in [5, 5.41) is 12.9. The molecular formula is C80H56. The highest BCUT2D eigenvalue weighted by molar-refractivity contribution is 6.23. The normalized spacial score (nSPS) is 13.7. The van der Waals surface area contributed by atoms with E-state index in [0.29, 0.717) is 0 Å². The molecule has 0 heterocycles. The molecule has 0 saturated carbocycles. The second-order valence-corrected chi connectivity index (χ2v) is 23.4. The smallest absolute Gasteiger partial charge is 0.0159 e. The Bertz CT molecular complexity index is 4450. The minimum Gasteiger partial charge on any atom is -0.0622 e. The zero-order chi connectivity index (χ0) is 53.4. The van der Waals surface area contributed by atoms with Crippen molar-refractivity contribution in [2.24, 2.45) is 0 Å².